The maximum Gasteiger partial charge on any atom is 0.254 e. The highest BCUT2D eigenvalue weighted by Gasteiger charge is 2.23. The summed E-state index contributed by atoms with van der Waals surface area (Å²) in [5.41, 5.74) is 0.460. The zero-order chi connectivity index (χ0) is 20.1. The van der Waals surface area contributed by atoms with E-state index in [1.54, 1.807) is 29.2 Å². The van der Waals surface area contributed by atoms with Crippen molar-refractivity contribution < 1.29 is 23.6 Å². The molecule has 9 heteroatoms. The number of amides is 2. The summed E-state index contributed by atoms with van der Waals surface area (Å²) < 4.78 is 15.4. The van der Waals surface area contributed by atoms with E-state index in [2.05, 4.69) is 15.4 Å². The molecule has 2 amide bonds. The summed E-state index contributed by atoms with van der Waals surface area (Å²) in [5.74, 6) is 0.924. The normalized spacial score (nSPS) is 15.9. The van der Waals surface area contributed by atoms with Crippen LogP contribution in [0.25, 0.3) is 0 Å². The van der Waals surface area contributed by atoms with Crippen molar-refractivity contribution >= 4 is 17.6 Å². The smallest absolute Gasteiger partial charge is 0.254 e. The number of anilines is 1. The Kier molecular flexibility index (Phi) is 5.95. The van der Waals surface area contributed by atoms with Crippen LogP contribution in [-0.4, -0.2) is 66.3 Å². The van der Waals surface area contributed by atoms with Crippen molar-refractivity contribution in [1.82, 2.24) is 15.0 Å². The number of hydrogen-bond acceptors (Lipinski definition) is 7. The highest BCUT2D eigenvalue weighted by Crippen LogP contribution is 2.32. The van der Waals surface area contributed by atoms with Gasteiger partial charge in [-0.05, 0) is 44.1 Å². The molecular formula is C20H24N4O5. The number of ether oxygens (including phenoxy) is 2. The second-order valence-corrected chi connectivity index (χ2v) is 7.13. The van der Waals surface area contributed by atoms with Gasteiger partial charge in [0, 0.05) is 24.7 Å². The number of nitrogens with one attached hydrogen (secondary N) is 1. The van der Waals surface area contributed by atoms with E-state index in [1.165, 1.54) is 25.5 Å². The first kappa shape index (κ1) is 19.3. The molecular weight excluding hydrogens is 376 g/mol. The number of piperidine rings is 1. The second kappa shape index (κ2) is 8.95. The van der Waals surface area contributed by atoms with Crippen LogP contribution < -0.4 is 14.8 Å². The molecule has 1 fully saturated rings. The number of likely N-dealkylation sites (tertiary alicyclic amines) is 1. The first-order chi connectivity index (χ1) is 14.2. The number of nitrogens with zero attached hydrogens (tertiary/aromatic N) is 3. The molecule has 1 aromatic carbocycles. The lowest BCUT2D eigenvalue weighted by molar-refractivity contribution is -0.117. The standard InChI is InChI=1S/C20H24N4O5/c25-19(21-18-6-11-29-22-18)13-24(10-9-23-7-2-1-3-8-23)20(26)15-4-5-16-17(12-15)28-14-27-16/h4-6,11-12H,1-3,7-10,13-14H2,(H,21,22,25). The van der Waals surface area contributed by atoms with Gasteiger partial charge in [-0.15, -0.1) is 0 Å². The molecule has 3 heterocycles. The monoisotopic (exact) mass is 400 g/mol. The molecule has 2 aromatic rings. The van der Waals surface area contributed by atoms with Crippen molar-refractivity contribution in [2.24, 2.45) is 0 Å². The van der Waals surface area contributed by atoms with Gasteiger partial charge in [-0.1, -0.05) is 11.6 Å². The fourth-order valence-electron chi connectivity index (χ4n) is 3.54. The third-order valence-corrected chi connectivity index (χ3v) is 5.08. The number of rotatable bonds is 7. The van der Waals surface area contributed by atoms with E-state index in [-0.39, 0.29) is 25.2 Å². The van der Waals surface area contributed by atoms with Crippen LogP contribution in [0, 0.1) is 0 Å². The Morgan fingerprint density at radius 3 is 2.72 bits per heavy atom. The van der Waals surface area contributed by atoms with Crippen molar-refractivity contribution in [2.45, 2.75) is 19.3 Å². The minimum Gasteiger partial charge on any atom is -0.454 e. The van der Waals surface area contributed by atoms with Gasteiger partial charge in [0.1, 0.15) is 12.8 Å². The van der Waals surface area contributed by atoms with Crippen molar-refractivity contribution in [3.05, 3.63) is 36.1 Å². The zero-order valence-electron chi connectivity index (χ0n) is 16.1. The van der Waals surface area contributed by atoms with Crippen molar-refractivity contribution in [3.63, 3.8) is 0 Å². The molecule has 154 valence electrons. The third-order valence-electron chi connectivity index (χ3n) is 5.08. The molecule has 0 atom stereocenters. The molecule has 0 radical (unpaired) electrons. The SMILES string of the molecule is O=C(CN(CCN1CCCCC1)C(=O)c1ccc2c(c1)OCO2)Nc1ccon1. The Morgan fingerprint density at radius 1 is 1.10 bits per heavy atom. The quantitative estimate of drug-likeness (QED) is 0.759. The Bertz CT molecular complexity index is 849. The maximum atomic E-state index is 13.2. The number of carbonyl (C=O) groups excluding carboxylic acids is 2. The number of aromatic nitrogens is 1. The summed E-state index contributed by atoms with van der Waals surface area (Å²) in [4.78, 5) is 29.5. The number of hydrogen-bond donors (Lipinski definition) is 1. The molecule has 29 heavy (non-hydrogen) atoms. The second-order valence-electron chi connectivity index (χ2n) is 7.13. The molecule has 0 unspecified atom stereocenters. The third kappa shape index (κ3) is 4.86. The minimum atomic E-state index is -0.327. The van der Waals surface area contributed by atoms with E-state index in [0.717, 1.165) is 19.6 Å². The summed E-state index contributed by atoms with van der Waals surface area (Å²) >= 11 is 0. The van der Waals surface area contributed by atoms with Crippen molar-refractivity contribution in [2.75, 3.05) is 44.8 Å². The van der Waals surface area contributed by atoms with Crippen LogP contribution in [0.5, 0.6) is 11.5 Å². The Balaban J connectivity index is 1.45. The topological polar surface area (TPSA) is 97.1 Å². The van der Waals surface area contributed by atoms with E-state index >= 15 is 0 Å². The van der Waals surface area contributed by atoms with Crippen LogP contribution in [0.4, 0.5) is 5.82 Å². The Labute approximate surface area is 168 Å². The first-order valence-electron chi connectivity index (χ1n) is 9.80. The lowest BCUT2D eigenvalue weighted by atomic mass is 10.1. The summed E-state index contributed by atoms with van der Waals surface area (Å²) in [5, 5.41) is 6.32. The van der Waals surface area contributed by atoms with Gasteiger partial charge in [0.15, 0.2) is 17.3 Å². The highest BCUT2D eigenvalue weighted by molar-refractivity contribution is 5.99. The number of fused-ring (bicyclic) bond motifs is 1. The lowest BCUT2D eigenvalue weighted by Gasteiger charge is -2.30. The predicted molar refractivity (Wildman–Crippen MR) is 104 cm³/mol. The molecule has 0 aliphatic carbocycles. The average Bonchev–Trinajstić information content (AvgIpc) is 3.42. The molecule has 1 saturated heterocycles. The Morgan fingerprint density at radius 2 is 1.93 bits per heavy atom. The molecule has 1 aromatic heterocycles. The fourth-order valence-corrected chi connectivity index (χ4v) is 3.54. The largest absolute Gasteiger partial charge is 0.454 e. The van der Waals surface area contributed by atoms with Crippen LogP contribution in [0.1, 0.15) is 29.6 Å². The molecule has 0 saturated carbocycles. The van der Waals surface area contributed by atoms with E-state index in [9.17, 15) is 9.59 Å². The van der Waals surface area contributed by atoms with Crippen LogP contribution in [0.2, 0.25) is 0 Å². The van der Waals surface area contributed by atoms with Crippen LogP contribution in [-0.2, 0) is 4.79 Å². The Hall–Kier alpha value is -3.07. The molecule has 2 aliphatic rings. The number of benzene rings is 1. The van der Waals surface area contributed by atoms with Gasteiger partial charge in [0.05, 0.1) is 0 Å². The van der Waals surface area contributed by atoms with Crippen LogP contribution >= 0.6 is 0 Å². The van der Waals surface area contributed by atoms with Gasteiger partial charge in [0.25, 0.3) is 5.91 Å². The van der Waals surface area contributed by atoms with Gasteiger partial charge in [-0.2, -0.15) is 0 Å². The molecule has 4 rings (SSSR count). The van der Waals surface area contributed by atoms with E-state index in [1.807, 2.05) is 0 Å². The van der Waals surface area contributed by atoms with Crippen molar-refractivity contribution in [3.8, 4) is 11.5 Å². The van der Waals surface area contributed by atoms with E-state index in [4.69, 9.17) is 14.0 Å². The molecule has 2 aliphatic heterocycles. The molecule has 1 N–H and O–H groups in total. The van der Waals surface area contributed by atoms with Crippen LogP contribution in [0.15, 0.2) is 35.1 Å². The van der Waals surface area contributed by atoms with Crippen molar-refractivity contribution in [1.29, 1.82) is 0 Å². The summed E-state index contributed by atoms with van der Waals surface area (Å²) in [6.45, 7) is 3.31. The molecule has 9 nitrogen and oxygen atoms in total. The predicted octanol–water partition coefficient (Wildman–Crippen LogP) is 1.97. The van der Waals surface area contributed by atoms with Gasteiger partial charge in [0.2, 0.25) is 12.7 Å². The summed E-state index contributed by atoms with van der Waals surface area (Å²) in [6.07, 6.45) is 4.96. The molecule has 0 bridgehead atoms. The maximum absolute atomic E-state index is 13.2. The number of carbonyl (C=O) groups is 2. The lowest BCUT2D eigenvalue weighted by Crippen LogP contribution is -2.43. The fraction of sp³-hybridized carbons (Fsp3) is 0.450. The summed E-state index contributed by atoms with van der Waals surface area (Å²) in [6, 6.07) is 6.62. The zero-order valence-corrected chi connectivity index (χ0v) is 16.1. The van der Waals surface area contributed by atoms with Gasteiger partial charge in [-0.3, -0.25) is 9.59 Å². The van der Waals surface area contributed by atoms with Gasteiger partial charge >= 0.3 is 0 Å². The first-order valence-corrected chi connectivity index (χ1v) is 9.80. The van der Waals surface area contributed by atoms with Gasteiger partial charge < -0.3 is 29.1 Å². The average molecular weight is 400 g/mol. The minimum absolute atomic E-state index is 0.0754. The highest BCUT2D eigenvalue weighted by atomic mass is 16.7. The van der Waals surface area contributed by atoms with Crippen LogP contribution in [0.3, 0.4) is 0 Å². The van der Waals surface area contributed by atoms with E-state index in [0.29, 0.717) is 29.4 Å². The molecule has 0 spiro atoms. The van der Waals surface area contributed by atoms with E-state index < -0.39 is 0 Å². The summed E-state index contributed by atoms with van der Waals surface area (Å²) in [7, 11) is 0. The van der Waals surface area contributed by atoms with Gasteiger partial charge in [-0.25, -0.2) is 0 Å².